The second kappa shape index (κ2) is 56.3. The van der Waals surface area contributed by atoms with Crippen molar-refractivity contribution in [3.05, 3.63) is 0 Å². The Hall–Kier alpha value is -1.43. The highest BCUT2D eigenvalue weighted by Crippen LogP contribution is 2.49. The van der Waals surface area contributed by atoms with Gasteiger partial charge in [-0.1, -0.05) is 188 Å². The van der Waals surface area contributed by atoms with Crippen LogP contribution in [0.2, 0.25) is 0 Å². The molecule has 21 N–H and O–H groups in total. The Kier molecular flexibility index (Phi) is 51.8. The van der Waals surface area contributed by atoms with Crippen LogP contribution >= 0.6 is 15.6 Å². The van der Waals surface area contributed by atoms with Crippen molar-refractivity contribution in [2.45, 2.75) is 398 Å². The van der Waals surface area contributed by atoms with Crippen molar-refractivity contribution in [3.8, 4) is 0 Å². The number of unbranched alkanes of at least 4 members (excludes halogenated alkanes) is 25. The first-order chi connectivity index (χ1) is 53.9. The summed E-state index contributed by atoms with van der Waals surface area (Å²) in [4.78, 5) is 34.2. The summed E-state index contributed by atoms with van der Waals surface area (Å²) in [5.41, 5.74) is 0. The van der Waals surface area contributed by atoms with Crippen LogP contribution < -0.4 is 0 Å². The first kappa shape index (κ1) is 104. The Morgan fingerprint density at radius 1 is 0.336 bits per heavy atom. The summed E-state index contributed by atoms with van der Waals surface area (Å²) in [7, 11) is -10.3. The molecule has 0 amide bonds. The molecule has 40 heteroatoms. The Labute approximate surface area is 663 Å². The molecule has 0 aromatic rings. The molecule has 4 heterocycles. The number of phosphoric acid groups is 2. The van der Waals surface area contributed by atoms with Crippen LogP contribution in [-0.2, 0) is 79.4 Å². The molecule has 0 radical (unpaired) electrons. The third-order valence-corrected chi connectivity index (χ3v) is 22.8. The van der Waals surface area contributed by atoms with Gasteiger partial charge in [-0.05, 0) is 25.7 Å². The van der Waals surface area contributed by atoms with Gasteiger partial charge >= 0.3 is 21.6 Å². The molecule has 4 saturated heterocycles. The number of aliphatic hydroxyl groups is 19. The highest BCUT2D eigenvalue weighted by atomic mass is 31.2. The monoisotopic (exact) mass is 1690 g/mol. The van der Waals surface area contributed by atoms with Gasteiger partial charge in [0.05, 0.1) is 59.0 Å². The normalized spacial score (nSPS) is 34.9. The van der Waals surface area contributed by atoms with Crippen LogP contribution in [0.25, 0.3) is 0 Å². The molecule has 5 rings (SSSR count). The number of carbonyl (C=O) groups is 1. The van der Waals surface area contributed by atoms with Crippen LogP contribution in [-0.4, -0.2) is 350 Å². The minimum absolute atomic E-state index is 0.107. The maximum atomic E-state index is 13.5. The lowest BCUT2D eigenvalue weighted by Crippen LogP contribution is -2.69. The first-order valence-corrected chi connectivity index (χ1v) is 43.8. The van der Waals surface area contributed by atoms with Crippen LogP contribution in [0.4, 0.5) is 0 Å². The summed E-state index contributed by atoms with van der Waals surface area (Å²) in [5.74, 6) is -0.560. The van der Waals surface area contributed by atoms with Crippen molar-refractivity contribution in [3.63, 3.8) is 0 Å². The summed E-state index contributed by atoms with van der Waals surface area (Å²) >= 11 is 0. The number of hydrogen-bond acceptors (Lipinski definition) is 36. The molecule has 0 bridgehead atoms. The zero-order chi connectivity index (χ0) is 83.8. The van der Waals surface area contributed by atoms with Crippen molar-refractivity contribution < 1.29 is 186 Å². The maximum Gasteiger partial charge on any atom is 0.472 e. The van der Waals surface area contributed by atoms with Crippen LogP contribution in [0.15, 0.2) is 0 Å². The minimum atomic E-state index is -5.41. The van der Waals surface area contributed by atoms with Crippen LogP contribution in [0.3, 0.4) is 0 Å². The van der Waals surface area contributed by atoms with Gasteiger partial charge in [-0.25, -0.2) is 9.13 Å². The first-order valence-electron chi connectivity index (χ1n) is 40.8. The fraction of sp³-hybridized carbons (Fsp3) is 0.986. The number of phosphoric ester groups is 2. The molecular formula is C73H140O38P2. The van der Waals surface area contributed by atoms with E-state index in [1.54, 1.807) is 6.92 Å². The van der Waals surface area contributed by atoms with E-state index >= 15 is 0 Å². The van der Waals surface area contributed by atoms with E-state index in [4.69, 9.17) is 65.5 Å². The molecule has 5 aliphatic rings. The molecule has 31 atom stereocenters. The number of ether oxygens (including phenoxy) is 10. The van der Waals surface area contributed by atoms with Crippen molar-refractivity contribution in [2.75, 3.05) is 59.5 Å². The third kappa shape index (κ3) is 35.9. The Bertz CT molecular complexity index is 2450. The van der Waals surface area contributed by atoms with Gasteiger partial charge in [0.25, 0.3) is 0 Å². The van der Waals surface area contributed by atoms with E-state index in [-0.39, 0.29) is 19.4 Å². The largest absolute Gasteiger partial charge is 0.472 e. The van der Waals surface area contributed by atoms with E-state index in [1.807, 2.05) is 6.92 Å². The fourth-order valence-electron chi connectivity index (χ4n) is 13.6. The molecule has 5 fully saturated rings. The number of carbonyl (C=O) groups excluding carboxylic acids is 1. The van der Waals surface area contributed by atoms with E-state index in [1.165, 1.54) is 122 Å². The summed E-state index contributed by atoms with van der Waals surface area (Å²) in [6.45, 7) is 2.86. The van der Waals surface area contributed by atoms with Crippen LogP contribution in [0.1, 0.15) is 220 Å². The molecule has 16 unspecified atom stereocenters. The van der Waals surface area contributed by atoms with E-state index in [0.717, 1.165) is 44.9 Å². The standard InChI is InChI=1S/C38H71O21P.C35H69O17P/c1-3-5-6-7-8-9-10-11-12-13-14-15-16-17-24(41)54-21(4-2)20-53-60(51,52)59-36-34(57-37-32(49)27(44)25(42)22(18-39)55-37)30(47)29(46)31(48)35(36)58-38-33(50)28(45)26(43)23(19-40)56-38;1-3-5-6-7-8-9-10-11-12-13-14-15-16-17-18-46-24(4-2)23-49-53(44,45)52-25(21-47-34-32(42)30(40)28(38)26(19-36)50-34)22-48-35-33(43)31(41)29(39)27(20-37)51-35/h21-23,25-40,42-50H,3-20H2,1-2H3,(H,51,52);24-43H,3-23H2,1-2H3,(H,44,45)/t21-,22?,23?,25-,26-,27+,28?,29?,30?,31+,32?,33-,34?,35?,36?,37-,38-;24-,25?,26?,27?,28-,29-,30+,31?,32?,33-,34+,35+/m11/s1. The molecule has 0 spiro atoms. The quantitative estimate of drug-likeness (QED) is 0.0219. The summed E-state index contributed by atoms with van der Waals surface area (Å²) in [5, 5.41) is 195. The number of esters is 1. The Balaban J connectivity index is 0.000000480. The van der Waals surface area contributed by atoms with Gasteiger partial charge in [0.15, 0.2) is 25.2 Å². The van der Waals surface area contributed by atoms with Gasteiger partial charge in [-0.15, -0.1) is 0 Å². The summed E-state index contributed by atoms with van der Waals surface area (Å²) in [6, 6.07) is 0. The van der Waals surface area contributed by atoms with Gasteiger partial charge in [0, 0.05) is 13.0 Å². The molecule has 113 heavy (non-hydrogen) atoms. The van der Waals surface area contributed by atoms with Crippen molar-refractivity contribution >= 4 is 21.6 Å². The summed E-state index contributed by atoms with van der Waals surface area (Å²) < 4.78 is 103. The molecule has 670 valence electrons. The van der Waals surface area contributed by atoms with E-state index in [0.29, 0.717) is 19.4 Å². The van der Waals surface area contributed by atoms with Crippen molar-refractivity contribution in [1.29, 1.82) is 0 Å². The van der Waals surface area contributed by atoms with Crippen LogP contribution in [0.5, 0.6) is 0 Å². The molecule has 1 aliphatic carbocycles. The molecule has 0 aromatic carbocycles. The molecular weight excluding hydrogens is 1550 g/mol. The Morgan fingerprint density at radius 2 is 0.637 bits per heavy atom. The van der Waals surface area contributed by atoms with Gasteiger partial charge in [0.2, 0.25) is 0 Å². The number of rotatable bonds is 57. The highest BCUT2D eigenvalue weighted by Gasteiger charge is 2.59. The lowest BCUT2D eigenvalue weighted by molar-refractivity contribution is -0.360. The predicted molar refractivity (Wildman–Crippen MR) is 397 cm³/mol. The second-order valence-corrected chi connectivity index (χ2v) is 32.8. The molecule has 0 aromatic heterocycles. The van der Waals surface area contributed by atoms with E-state index in [9.17, 15) is 121 Å². The van der Waals surface area contributed by atoms with E-state index < -0.39 is 246 Å². The lowest BCUT2D eigenvalue weighted by atomic mass is 9.84. The number of aliphatic hydroxyl groups excluding tert-OH is 19. The van der Waals surface area contributed by atoms with Gasteiger partial charge in [-0.2, -0.15) is 0 Å². The average Bonchev–Trinajstić information content (AvgIpc) is 0.758. The second-order valence-electron chi connectivity index (χ2n) is 30.0. The zero-order valence-electron chi connectivity index (χ0n) is 66.0. The smallest absolute Gasteiger partial charge is 0.460 e. The molecule has 1 saturated carbocycles. The summed E-state index contributed by atoms with van der Waals surface area (Å²) in [6.07, 6.45) is -18.9. The van der Waals surface area contributed by atoms with Gasteiger partial charge < -0.3 is 154 Å². The van der Waals surface area contributed by atoms with Gasteiger partial charge in [-0.3, -0.25) is 22.9 Å². The lowest BCUT2D eigenvalue weighted by Gasteiger charge is -2.49. The molecule has 38 nitrogen and oxygen atoms in total. The van der Waals surface area contributed by atoms with E-state index in [2.05, 4.69) is 13.8 Å². The predicted octanol–water partition coefficient (Wildman–Crippen LogP) is 0.156. The Morgan fingerprint density at radius 3 is 0.982 bits per heavy atom. The minimum Gasteiger partial charge on any atom is -0.460 e. The fourth-order valence-corrected chi connectivity index (χ4v) is 15.4. The zero-order valence-corrected chi connectivity index (χ0v) is 67.8. The van der Waals surface area contributed by atoms with Crippen molar-refractivity contribution in [1.82, 2.24) is 0 Å². The van der Waals surface area contributed by atoms with Gasteiger partial charge in [0.1, 0.15) is 146 Å². The topological polar surface area (TPSA) is 605 Å². The highest BCUT2D eigenvalue weighted by molar-refractivity contribution is 7.47. The number of hydrogen-bond donors (Lipinski definition) is 21. The van der Waals surface area contributed by atoms with Crippen molar-refractivity contribution in [2.24, 2.45) is 0 Å². The SMILES string of the molecule is CCCCCCCCCCCCCCCC(=O)O[C@H](CC)COP(=O)(O)OC1C(O[C@H]2OC(CO)[C@@H](O)[C@H](O)C2O)C(O)C(O)[C@H](O)C1O[C@H]1OC(CO)[C@@H](O)C(O)[C@H]1O.CCCCCCCCCCCCCCCCO[C@H](CC)COP(=O)(O)OC(CO[C@H]1OC(CO)[C@@H](O)[C@H](O)C1O)CO[C@H]1OC(CO)[C@@H](O)C(O)[C@H]1O. The third-order valence-electron chi connectivity index (χ3n) is 20.8. The average molecular weight is 1690 g/mol. The molecule has 4 aliphatic heterocycles. The van der Waals surface area contributed by atoms with Crippen LogP contribution in [0, 0.1) is 0 Å². The maximum absolute atomic E-state index is 13.5.